The summed E-state index contributed by atoms with van der Waals surface area (Å²) in [4.78, 5) is 0. The molecule has 0 aliphatic heterocycles. The van der Waals surface area contributed by atoms with Crippen molar-refractivity contribution in [1.82, 2.24) is 0 Å². The smallest absolute Gasteiger partial charge is 0.0647 e. The average Bonchev–Trinajstić information content (AvgIpc) is 2.57. The first-order valence-electron chi connectivity index (χ1n) is 9.79. The molecule has 1 nitrogen and oxygen atoms in total. The average molecular weight is 305 g/mol. The minimum atomic E-state index is 0.783. The minimum absolute atomic E-state index is 0.783. The first kappa shape index (κ1) is 17.8. The Morgan fingerprint density at radius 2 is 1.59 bits per heavy atom. The van der Waals surface area contributed by atoms with Crippen LogP contribution in [0.3, 0.4) is 0 Å². The van der Waals surface area contributed by atoms with Crippen LogP contribution in [0, 0.1) is 17.8 Å². The maximum atomic E-state index is 5.38. The van der Waals surface area contributed by atoms with Gasteiger partial charge in [-0.3, -0.25) is 0 Å². The van der Waals surface area contributed by atoms with Crippen LogP contribution in [0.25, 0.3) is 0 Å². The van der Waals surface area contributed by atoms with Crippen LogP contribution in [0.5, 0.6) is 0 Å². The zero-order valence-corrected chi connectivity index (χ0v) is 14.6. The second-order valence-electron chi connectivity index (χ2n) is 7.24. The second kappa shape index (κ2) is 11.0. The number of ether oxygens (including phenoxy) is 1. The van der Waals surface area contributed by atoms with Crippen LogP contribution in [-0.2, 0) is 4.74 Å². The molecular weight excluding hydrogens is 268 g/mol. The SMILES string of the molecule is CCOC/C=C\C[C@H]1CCCCC1/C=C/CC1CCCCC1. The van der Waals surface area contributed by atoms with Crippen molar-refractivity contribution in [1.29, 1.82) is 0 Å². The standard InChI is InChI=1S/C21H36O/c1-2-22-18-9-8-16-20-14-6-7-15-21(20)17-10-13-19-11-4-3-5-12-19/h8-10,17,19-21H,2-7,11-16,18H2,1H3/b9-8-,17-10+/t20-,21?/m1/s1. The molecule has 0 aromatic carbocycles. The van der Waals surface area contributed by atoms with Gasteiger partial charge >= 0.3 is 0 Å². The van der Waals surface area contributed by atoms with Gasteiger partial charge in [-0.05, 0) is 50.4 Å². The van der Waals surface area contributed by atoms with Crippen LogP contribution >= 0.6 is 0 Å². The van der Waals surface area contributed by atoms with Crippen molar-refractivity contribution in [3.05, 3.63) is 24.3 Å². The van der Waals surface area contributed by atoms with Crippen molar-refractivity contribution < 1.29 is 4.74 Å². The molecule has 2 rings (SSSR count). The molecule has 126 valence electrons. The number of rotatable bonds is 8. The molecule has 0 amide bonds. The molecule has 0 aromatic heterocycles. The van der Waals surface area contributed by atoms with Crippen molar-refractivity contribution in [2.24, 2.45) is 17.8 Å². The topological polar surface area (TPSA) is 9.23 Å². The van der Waals surface area contributed by atoms with Crippen molar-refractivity contribution in [3.8, 4) is 0 Å². The number of hydrogen-bond acceptors (Lipinski definition) is 1. The van der Waals surface area contributed by atoms with E-state index in [9.17, 15) is 0 Å². The Kier molecular flexibility index (Phi) is 8.93. The van der Waals surface area contributed by atoms with E-state index in [2.05, 4.69) is 31.2 Å². The van der Waals surface area contributed by atoms with E-state index in [1.807, 2.05) is 0 Å². The molecule has 0 heterocycles. The molecule has 1 heteroatoms. The van der Waals surface area contributed by atoms with Crippen LogP contribution in [0.2, 0.25) is 0 Å². The van der Waals surface area contributed by atoms with Gasteiger partial charge in [-0.15, -0.1) is 0 Å². The van der Waals surface area contributed by atoms with Crippen molar-refractivity contribution in [3.63, 3.8) is 0 Å². The summed E-state index contributed by atoms with van der Waals surface area (Å²) < 4.78 is 5.38. The molecule has 2 atom stereocenters. The zero-order chi connectivity index (χ0) is 15.5. The maximum absolute atomic E-state index is 5.38. The Labute approximate surface area is 138 Å². The third-order valence-corrected chi connectivity index (χ3v) is 5.57. The highest BCUT2D eigenvalue weighted by Gasteiger charge is 2.22. The zero-order valence-electron chi connectivity index (χ0n) is 14.6. The van der Waals surface area contributed by atoms with Gasteiger partial charge < -0.3 is 4.74 Å². The second-order valence-corrected chi connectivity index (χ2v) is 7.24. The third kappa shape index (κ3) is 6.69. The largest absolute Gasteiger partial charge is 0.378 e. The third-order valence-electron chi connectivity index (χ3n) is 5.57. The normalized spacial score (nSPS) is 27.9. The van der Waals surface area contributed by atoms with Crippen molar-refractivity contribution in [2.75, 3.05) is 13.2 Å². The van der Waals surface area contributed by atoms with E-state index >= 15 is 0 Å². The monoisotopic (exact) mass is 304 g/mol. The molecule has 2 saturated carbocycles. The Hall–Kier alpha value is -0.560. The highest BCUT2D eigenvalue weighted by atomic mass is 16.5. The summed E-state index contributed by atoms with van der Waals surface area (Å²) in [6, 6.07) is 0. The minimum Gasteiger partial charge on any atom is -0.378 e. The molecule has 2 fully saturated rings. The molecule has 0 radical (unpaired) electrons. The van der Waals surface area contributed by atoms with Crippen LogP contribution in [0.15, 0.2) is 24.3 Å². The molecule has 2 aliphatic rings. The van der Waals surface area contributed by atoms with E-state index in [-0.39, 0.29) is 0 Å². The van der Waals surface area contributed by atoms with E-state index in [1.165, 1.54) is 70.6 Å². The molecule has 0 N–H and O–H groups in total. The molecule has 1 unspecified atom stereocenters. The predicted molar refractivity (Wildman–Crippen MR) is 96.0 cm³/mol. The molecule has 0 spiro atoms. The lowest BCUT2D eigenvalue weighted by atomic mass is 9.77. The van der Waals surface area contributed by atoms with Gasteiger partial charge in [0, 0.05) is 6.61 Å². The Morgan fingerprint density at radius 3 is 2.41 bits per heavy atom. The lowest BCUT2D eigenvalue weighted by Gasteiger charge is -2.29. The fraction of sp³-hybridized carbons (Fsp3) is 0.810. The van der Waals surface area contributed by atoms with Crippen LogP contribution in [0.4, 0.5) is 0 Å². The molecule has 2 aliphatic carbocycles. The van der Waals surface area contributed by atoms with E-state index in [0.717, 1.165) is 31.0 Å². The molecule has 0 saturated heterocycles. The fourth-order valence-corrected chi connectivity index (χ4v) is 4.18. The molecule has 22 heavy (non-hydrogen) atoms. The maximum Gasteiger partial charge on any atom is 0.0647 e. The van der Waals surface area contributed by atoms with Gasteiger partial charge in [-0.1, -0.05) is 69.2 Å². The summed E-state index contributed by atoms with van der Waals surface area (Å²) in [6.07, 6.45) is 25.3. The number of hydrogen-bond donors (Lipinski definition) is 0. The van der Waals surface area contributed by atoms with Gasteiger partial charge in [0.05, 0.1) is 6.61 Å². The summed E-state index contributed by atoms with van der Waals surface area (Å²) >= 11 is 0. The van der Waals surface area contributed by atoms with Crippen LogP contribution in [-0.4, -0.2) is 13.2 Å². The van der Waals surface area contributed by atoms with Gasteiger partial charge in [-0.2, -0.15) is 0 Å². The Bertz CT molecular complexity index is 325. The lowest BCUT2D eigenvalue weighted by Crippen LogP contribution is -2.17. The quantitative estimate of drug-likeness (QED) is 0.377. The van der Waals surface area contributed by atoms with Gasteiger partial charge in [0.15, 0.2) is 0 Å². The summed E-state index contributed by atoms with van der Waals surface area (Å²) in [7, 11) is 0. The summed E-state index contributed by atoms with van der Waals surface area (Å²) in [5, 5.41) is 0. The molecule has 0 aromatic rings. The first-order chi connectivity index (χ1) is 10.9. The highest BCUT2D eigenvalue weighted by Crippen LogP contribution is 2.34. The van der Waals surface area contributed by atoms with Gasteiger partial charge in [0.1, 0.15) is 0 Å². The lowest BCUT2D eigenvalue weighted by molar-refractivity contribution is 0.177. The van der Waals surface area contributed by atoms with E-state index < -0.39 is 0 Å². The summed E-state index contributed by atoms with van der Waals surface area (Å²) in [5.74, 6) is 2.68. The van der Waals surface area contributed by atoms with Crippen molar-refractivity contribution in [2.45, 2.75) is 77.6 Å². The molecular formula is C21H36O. The number of allylic oxidation sites excluding steroid dienone is 3. The Morgan fingerprint density at radius 1 is 0.818 bits per heavy atom. The fourth-order valence-electron chi connectivity index (χ4n) is 4.18. The summed E-state index contributed by atoms with van der Waals surface area (Å²) in [5.41, 5.74) is 0. The Balaban J connectivity index is 1.72. The van der Waals surface area contributed by atoms with E-state index in [4.69, 9.17) is 4.74 Å². The molecule has 0 bridgehead atoms. The van der Waals surface area contributed by atoms with Gasteiger partial charge in [0.2, 0.25) is 0 Å². The summed E-state index contributed by atoms with van der Waals surface area (Å²) in [6.45, 7) is 3.66. The van der Waals surface area contributed by atoms with E-state index in [0.29, 0.717) is 0 Å². The predicted octanol–water partition coefficient (Wildman–Crippen LogP) is 6.30. The van der Waals surface area contributed by atoms with Gasteiger partial charge in [0.25, 0.3) is 0 Å². The highest BCUT2D eigenvalue weighted by molar-refractivity contribution is 4.97. The van der Waals surface area contributed by atoms with Crippen LogP contribution < -0.4 is 0 Å². The first-order valence-corrected chi connectivity index (χ1v) is 9.79. The van der Waals surface area contributed by atoms with E-state index in [1.54, 1.807) is 0 Å². The van der Waals surface area contributed by atoms with Crippen LogP contribution in [0.1, 0.15) is 77.6 Å². The van der Waals surface area contributed by atoms with Gasteiger partial charge in [-0.25, -0.2) is 0 Å². The van der Waals surface area contributed by atoms with Crippen molar-refractivity contribution >= 4 is 0 Å².